The topological polar surface area (TPSA) is 93.3 Å². The molecule has 2 aromatic carbocycles. The second kappa shape index (κ2) is 8.67. The lowest BCUT2D eigenvalue weighted by atomic mass is 10.2. The van der Waals surface area contributed by atoms with Gasteiger partial charge in [0.1, 0.15) is 23.9 Å². The number of rotatable bonds is 7. The zero-order valence-electron chi connectivity index (χ0n) is 15.4. The largest absolute Gasteiger partial charge is 0.492 e. The number of hydrogen-bond acceptors (Lipinski definition) is 5. The van der Waals surface area contributed by atoms with E-state index in [0.29, 0.717) is 23.9 Å². The van der Waals surface area contributed by atoms with Gasteiger partial charge in [0.25, 0.3) is 5.56 Å². The van der Waals surface area contributed by atoms with Crippen molar-refractivity contribution in [2.24, 2.45) is 0 Å². The number of aromatic amines is 1. The minimum absolute atomic E-state index is 0.117. The Morgan fingerprint density at radius 1 is 1.11 bits per heavy atom. The van der Waals surface area contributed by atoms with E-state index in [4.69, 9.17) is 22.1 Å². The Balaban J connectivity index is 1.76. The number of nitrogens with one attached hydrogen (secondary N) is 1. The van der Waals surface area contributed by atoms with E-state index in [-0.39, 0.29) is 18.1 Å². The number of likely N-dealkylation sites (N-methyl/N-ethyl adjacent to an activating group) is 1. The third kappa shape index (κ3) is 4.55. The number of nitrogens with two attached hydrogens (primary N) is 1. The molecular formula is C20H21ClN4O3. The van der Waals surface area contributed by atoms with Gasteiger partial charge in [-0.25, -0.2) is 4.79 Å². The molecule has 1 heterocycles. The molecule has 7 nitrogen and oxygen atoms in total. The molecule has 8 heteroatoms. The molecule has 0 fully saturated rings. The lowest BCUT2D eigenvalue weighted by Crippen LogP contribution is -2.38. The smallest absolute Gasteiger partial charge is 0.330 e. The van der Waals surface area contributed by atoms with E-state index in [1.54, 1.807) is 36.2 Å². The summed E-state index contributed by atoms with van der Waals surface area (Å²) in [7, 11) is 1.73. The van der Waals surface area contributed by atoms with Gasteiger partial charge in [-0.3, -0.25) is 14.3 Å². The first-order valence-electron chi connectivity index (χ1n) is 8.71. The summed E-state index contributed by atoms with van der Waals surface area (Å²) in [5.74, 6) is 0.792. The number of aromatic nitrogens is 2. The predicted molar refractivity (Wildman–Crippen MR) is 111 cm³/mol. The number of H-pyrrole nitrogens is 1. The first kappa shape index (κ1) is 19.6. The van der Waals surface area contributed by atoms with Crippen LogP contribution < -0.4 is 26.6 Å². The van der Waals surface area contributed by atoms with E-state index in [2.05, 4.69) is 4.98 Å². The van der Waals surface area contributed by atoms with E-state index < -0.39 is 11.2 Å². The van der Waals surface area contributed by atoms with Gasteiger partial charge >= 0.3 is 5.69 Å². The van der Waals surface area contributed by atoms with Gasteiger partial charge in [-0.05, 0) is 29.8 Å². The molecule has 0 unspecified atom stereocenters. The Labute approximate surface area is 166 Å². The predicted octanol–water partition coefficient (Wildman–Crippen LogP) is 2.34. The quantitative estimate of drug-likeness (QED) is 0.635. The molecule has 3 aromatic rings. The second-order valence-electron chi connectivity index (χ2n) is 6.29. The maximum absolute atomic E-state index is 12.3. The average molecular weight is 401 g/mol. The van der Waals surface area contributed by atoms with E-state index in [0.717, 1.165) is 5.56 Å². The van der Waals surface area contributed by atoms with Crippen LogP contribution in [0.25, 0.3) is 0 Å². The lowest BCUT2D eigenvalue weighted by molar-refractivity contribution is 0.326. The molecule has 1 aromatic heterocycles. The molecule has 0 saturated carbocycles. The maximum Gasteiger partial charge on any atom is 0.330 e. The van der Waals surface area contributed by atoms with Gasteiger partial charge in [-0.1, -0.05) is 41.9 Å². The maximum atomic E-state index is 12.3. The van der Waals surface area contributed by atoms with Crippen LogP contribution in [0.15, 0.2) is 64.2 Å². The fraction of sp³-hybridized carbons (Fsp3) is 0.200. The molecule has 0 atom stereocenters. The van der Waals surface area contributed by atoms with Gasteiger partial charge in [0.15, 0.2) is 0 Å². The molecule has 0 aliphatic carbocycles. The molecule has 0 aliphatic rings. The number of nitrogens with zero attached hydrogens (tertiary/aromatic N) is 2. The molecule has 146 valence electrons. The molecule has 0 radical (unpaired) electrons. The lowest BCUT2D eigenvalue weighted by Gasteiger charge is -2.22. The van der Waals surface area contributed by atoms with Crippen molar-refractivity contribution in [1.29, 1.82) is 0 Å². The van der Waals surface area contributed by atoms with Gasteiger partial charge < -0.3 is 15.4 Å². The van der Waals surface area contributed by atoms with Gasteiger partial charge in [0, 0.05) is 12.1 Å². The van der Waals surface area contributed by atoms with Crippen LogP contribution in [0.4, 0.5) is 11.5 Å². The van der Waals surface area contributed by atoms with Crippen molar-refractivity contribution in [2.75, 3.05) is 30.8 Å². The molecule has 0 bridgehead atoms. The van der Waals surface area contributed by atoms with Crippen LogP contribution in [0.5, 0.6) is 5.75 Å². The Hall–Kier alpha value is -3.19. The van der Waals surface area contributed by atoms with Gasteiger partial charge in [-0.2, -0.15) is 0 Å². The van der Waals surface area contributed by atoms with Gasteiger partial charge in [0.05, 0.1) is 13.1 Å². The second-order valence-corrected chi connectivity index (χ2v) is 6.73. The highest BCUT2D eigenvalue weighted by Crippen LogP contribution is 2.18. The minimum Gasteiger partial charge on any atom is -0.492 e. The van der Waals surface area contributed by atoms with Crippen molar-refractivity contribution in [2.45, 2.75) is 6.54 Å². The molecular weight excluding hydrogens is 380 g/mol. The SMILES string of the molecule is CN(CCOc1ccc(Cl)cc1)c1c(N)n(Cc2ccccc2)c(=O)[nH]c1=O. The van der Waals surface area contributed by atoms with Crippen LogP contribution >= 0.6 is 11.6 Å². The number of benzene rings is 2. The molecule has 28 heavy (non-hydrogen) atoms. The number of halogens is 1. The third-order valence-corrected chi connectivity index (χ3v) is 4.54. The van der Waals surface area contributed by atoms with Crippen molar-refractivity contribution in [1.82, 2.24) is 9.55 Å². The first-order valence-corrected chi connectivity index (χ1v) is 9.09. The fourth-order valence-corrected chi connectivity index (χ4v) is 2.94. The Kier molecular flexibility index (Phi) is 6.06. The minimum atomic E-state index is -0.541. The molecule has 0 spiro atoms. The summed E-state index contributed by atoms with van der Waals surface area (Å²) in [4.78, 5) is 28.6. The van der Waals surface area contributed by atoms with E-state index in [9.17, 15) is 9.59 Å². The Bertz CT molecular complexity index is 1050. The summed E-state index contributed by atoms with van der Waals surface area (Å²) in [6.07, 6.45) is 0. The number of hydrogen-bond donors (Lipinski definition) is 2. The van der Waals surface area contributed by atoms with Crippen molar-refractivity contribution >= 4 is 23.1 Å². The Morgan fingerprint density at radius 2 is 1.79 bits per heavy atom. The standard InChI is InChI=1S/C20H21ClN4O3/c1-24(11-12-28-16-9-7-15(21)8-10-16)17-18(22)25(20(27)23-19(17)26)13-14-5-3-2-4-6-14/h2-10H,11-13,22H2,1H3,(H,23,26,27). The Morgan fingerprint density at radius 3 is 2.46 bits per heavy atom. The summed E-state index contributed by atoms with van der Waals surface area (Å²) in [5.41, 5.74) is 6.25. The zero-order valence-corrected chi connectivity index (χ0v) is 16.1. The van der Waals surface area contributed by atoms with Crippen molar-refractivity contribution in [3.8, 4) is 5.75 Å². The van der Waals surface area contributed by atoms with Crippen LogP contribution in [0.3, 0.4) is 0 Å². The zero-order chi connectivity index (χ0) is 20.1. The van der Waals surface area contributed by atoms with E-state index in [1.165, 1.54) is 4.57 Å². The first-order chi connectivity index (χ1) is 13.5. The van der Waals surface area contributed by atoms with Crippen molar-refractivity contribution < 1.29 is 4.74 Å². The van der Waals surface area contributed by atoms with Gasteiger partial charge in [0.2, 0.25) is 0 Å². The summed E-state index contributed by atoms with van der Waals surface area (Å²) in [6, 6.07) is 16.4. The van der Waals surface area contributed by atoms with E-state index in [1.807, 2.05) is 30.3 Å². The highest BCUT2D eigenvalue weighted by molar-refractivity contribution is 6.30. The van der Waals surface area contributed by atoms with E-state index >= 15 is 0 Å². The number of anilines is 2. The highest BCUT2D eigenvalue weighted by Gasteiger charge is 2.16. The highest BCUT2D eigenvalue weighted by atomic mass is 35.5. The van der Waals surface area contributed by atoms with Crippen LogP contribution in [-0.2, 0) is 6.54 Å². The molecule has 0 amide bonds. The van der Waals surface area contributed by atoms with Crippen LogP contribution in [0.2, 0.25) is 5.02 Å². The summed E-state index contributed by atoms with van der Waals surface area (Å²) in [6.45, 7) is 0.999. The molecule has 0 aliphatic heterocycles. The summed E-state index contributed by atoms with van der Waals surface area (Å²) >= 11 is 5.85. The summed E-state index contributed by atoms with van der Waals surface area (Å²) < 4.78 is 7.01. The van der Waals surface area contributed by atoms with Crippen LogP contribution in [-0.4, -0.2) is 29.8 Å². The third-order valence-electron chi connectivity index (χ3n) is 4.29. The monoisotopic (exact) mass is 400 g/mol. The summed E-state index contributed by atoms with van der Waals surface area (Å²) in [5, 5.41) is 0.629. The van der Waals surface area contributed by atoms with Gasteiger partial charge in [-0.15, -0.1) is 0 Å². The average Bonchev–Trinajstić information content (AvgIpc) is 2.67. The fourth-order valence-electron chi connectivity index (χ4n) is 2.81. The molecule has 3 rings (SSSR count). The molecule has 0 saturated heterocycles. The van der Waals surface area contributed by atoms with Crippen LogP contribution in [0, 0.1) is 0 Å². The van der Waals surface area contributed by atoms with Crippen molar-refractivity contribution in [3.05, 3.63) is 86.0 Å². The normalized spacial score (nSPS) is 10.6. The number of ether oxygens (including phenoxy) is 1. The number of nitrogen functional groups attached to an aromatic ring is 1. The van der Waals surface area contributed by atoms with Crippen molar-refractivity contribution in [3.63, 3.8) is 0 Å². The molecule has 3 N–H and O–H groups in total. The van der Waals surface area contributed by atoms with Crippen LogP contribution in [0.1, 0.15) is 5.56 Å².